The van der Waals surface area contributed by atoms with Gasteiger partial charge < -0.3 is 5.32 Å². The molecular formula is C16H16BrClFN. The number of halogens is 3. The maximum absolute atomic E-state index is 13.5. The quantitative estimate of drug-likeness (QED) is 0.708. The minimum atomic E-state index is -0.391. The lowest BCUT2D eigenvalue weighted by Gasteiger charge is -2.19. The first kappa shape index (κ1) is 15.3. The third-order valence-electron chi connectivity index (χ3n) is 3.24. The zero-order valence-corrected chi connectivity index (χ0v) is 13.9. The highest BCUT2D eigenvalue weighted by atomic mass is 79.9. The molecule has 0 aromatic heterocycles. The summed E-state index contributed by atoms with van der Waals surface area (Å²) in [4.78, 5) is 0. The minimum Gasteiger partial charge on any atom is -0.377 e. The van der Waals surface area contributed by atoms with E-state index in [0.717, 1.165) is 21.3 Å². The van der Waals surface area contributed by atoms with E-state index in [2.05, 4.69) is 47.2 Å². The van der Waals surface area contributed by atoms with Crippen LogP contribution in [0.25, 0.3) is 0 Å². The van der Waals surface area contributed by atoms with Crippen LogP contribution in [0.4, 0.5) is 10.1 Å². The number of nitrogens with one attached hydrogen (secondary N) is 1. The van der Waals surface area contributed by atoms with Gasteiger partial charge in [0, 0.05) is 10.5 Å². The highest BCUT2D eigenvalue weighted by Gasteiger charge is 2.12. The summed E-state index contributed by atoms with van der Waals surface area (Å²) in [6.07, 6.45) is 0. The molecule has 0 bridgehead atoms. The van der Waals surface area contributed by atoms with Crippen LogP contribution in [0.5, 0.6) is 0 Å². The lowest BCUT2D eigenvalue weighted by Crippen LogP contribution is -2.08. The van der Waals surface area contributed by atoms with Crippen molar-refractivity contribution in [3.63, 3.8) is 0 Å². The lowest BCUT2D eigenvalue weighted by molar-refractivity contribution is 0.624. The van der Waals surface area contributed by atoms with Gasteiger partial charge in [-0.3, -0.25) is 0 Å². The Morgan fingerprint density at radius 1 is 1.20 bits per heavy atom. The van der Waals surface area contributed by atoms with Crippen LogP contribution in [0.1, 0.15) is 29.7 Å². The number of rotatable bonds is 3. The van der Waals surface area contributed by atoms with Crippen molar-refractivity contribution >= 4 is 33.2 Å². The molecule has 0 aliphatic rings. The molecule has 0 spiro atoms. The number of benzene rings is 2. The van der Waals surface area contributed by atoms with Crippen molar-refractivity contribution in [2.24, 2.45) is 0 Å². The Labute approximate surface area is 132 Å². The second kappa shape index (κ2) is 6.15. The van der Waals surface area contributed by atoms with Gasteiger partial charge in [-0.15, -0.1) is 0 Å². The maximum atomic E-state index is 13.5. The van der Waals surface area contributed by atoms with Crippen LogP contribution >= 0.6 is 27.5 Å². The Kier molecular flexibility index (Phi) is 4.71. The summed E-state index contributed by atoms with van der Waals surface area (Å²) < 4.78 is 14.5. The maximum Gasteiger partial charge on any atom is 0.142 e. The van der Waals surface area contributed by atoms with Gasteiger partial charge in [0.1, 0.15) is 5.82 Å². The Morgan fingerprint density at radius 3 is 2.50 bits per heavy atom. The van der Waals surface area contributed by atoms with Crippen LogP contribution in [-0.2, 0) is 0 Å². The molecule has 0 radical (unpaired) electrons. The van der Waals surface area contributed by atoms with Crippen LogP contribution in [0, 0.1) is 19.7 Å². The SMILES string of the molecule is Cc1cc(C)c(NC(C)c2ccc(Cl)c(F)c2)c(Br)c1. The van der Waals surface area contributed by atoms with E-state index in [-0.39, 0.29) is 11.1 Å². The molecule has 1 N–H and O–H groups in total. The summed E-state index contributed by atoms with van der Waals surface area (Å²) in [5.41, 5.74) is 4.24. The summed E-state index contributed by atoms with van der Waals surface area (Å²) in [6.45, 7) is 6.10. The molecule has 1 atom stereocenters. The van der Waals surface area contributed by atoms with E-state index in [1.165, 1.54) is 11.6 Å². The average molecular weight is 357 g/mol. The Hall–Kier alpha value is -1.06. The van der Waals surface area contributed by atoms with E-state index in [0.29, 0.717) is 0 Å². The average Bonchev–Trinajstić information content (AvgIpc) is 2.36. The van der Waals surface area contributed by atoms with E-state index in [1.54, 1.807) is 6.07 Å². The number of hydrogen-bond donors (Lipinski definition) is 1. The van der Waals surface area contributed by atoms with E-state index in [4.69, 9.17) is 11.6 Å². The Balaban J connectivity index is 2.27. The van der Waals surface area contributed by atoms with Crippen molar-refractivity contribution in [2.45, 2.75) is 26.8 Å². The van der Waals surface area contributed by atoms with Gasteiger partial charge in [0.2, 0.25) is 0 Å². The molecule has 0 heterocycles. The minimum absolute atomic E-state index is 0.0144. The first-order valence-electron chi connectivity index (χ1n) is 6.36. The Morgan fingerprint density at radius 2 is 1.90 bits per heavy atom. The Bertz CT molecular complexity index is 619. The molecule has 0 fully saturated rings. The molecule has 4 heteroatoms. The molecule has 0 aliphatic carbocycles. The van der Waals surface area contributed by atoms with Gasteiger partial charge in [-0.05, 0) is 71.6 Å². The van der Waals surface area contributed by atoms with Crippen molar-refractivity contribution in [1.82, 2.24) is 0 Å². The van der Waals surface area contributed by atoms with Gasteiger partial charge >= 0.3 is 0 Å². The summed E-state index contributed by atoms with van der Waals surface area (Å²) in [5, 5.41) is 3.56. The predicted molar refractivity (Wildman–Crippen MR) is 87.1 cm³/mol. The first-order chi connectivity index (χ1) is 9.38. The number of anilines is 1. The van der Waals surface area contributed by atoms with Gasteiger partial charge in [-0.25, -0.2) is 4.39 Å². The highest BCUT2D eigenvalue weighted by Crippen LogP contribution is 2.31. The molecular weight excluding hydrogens is 341 g/mol. The van der Waals surface area contributed by atoms with Crippen LogP contribution in [-0.4, -0.2) is 0 Å². The fourth-order valence-electron chi connectivity index (χ4n) is 2.18. The van der Waals surface area contributed by atoms with Gasteiger partial charge in [-0.2, -0.15) is 0 Å². The van der Waals surface area contributed by atoms with Gasteiger partial charge in [-0.1, -0.05) is 23.7 Å². The molecule has 2 aromatic rings. The van der Waals surface area contributed by atoms with E-state index in [9.17, 15) is 4.39 Å². The van der Waals surface area contributed by atoms with E-state index < -0.39 is 5.82 Å². The van der Waals surface area contributed by atoms with E-state index in [1.807, 2.05) is 13.0 Å². The number of hydrogen-bond acceptors (Lipinski definition) is 1. The predicted octanol–water partition coefficient (Wildman–Crippen LogP) is 6.03. The van der Waals surface area contributed by atoms with Crippen LogP contribution in [0.3, 0.4) is 0 Å². The molecule has 106 valence electrons. The first-order valence-corrected chi connectivity index (χ1v) is 7.54. The molecule has 1 unspecified atom stereocenters. The molecule has 2 rings (SSSR count). The fourth-order valence-corrected chi connectivity index (χ4v) is 3.09. The summed E-state index contributed by atoms with van der Waals surface area (Å²) >= 11 is 9.28. The molecule has 0 saturated carbocycles. The largest absolute Gasteiger partial charge is 0.377 e. The fraction of sp³-hybridized carbons (Fsp3) is 0.250. The van der Waals surface area contributed by atoms with Crippen LogP contribution in [0.15, 0.2) is 34.8 Å². The highest BCUT2D eigenvalue weighted by molar-refractivity contribution is 9.10. The van der Waals surface area contributed by atoms with Crippen molar-refractivity contribution in [1.29, 1.82) is 0 Å². The topological polar surface area (TPSA) is 12.0 Å². The smallest absolute Gasteiger partial charge is 0.142 e. The van der Waals surface area contributed by atoms with Crippen molar-refractivity contribution in [2.75, 3.05) is 5.32 Å². The molecule has 0 aliphatic heterocycles. The molecule has 0 amide bonds. The van der Waals surface area contributed by atoms with Crippen molar-refractivity contribution in [3.05, 3.63) is 62.3 Å². The number of aryl methyl sites for hydroxylation is 2. The van der Waals surface area contributed by atoms with Crippen molar-refractivity contribution < 1.29 is 4.39 Å². The summed E-state index contributed by atoms with van der Waals surface area (Å²) in [7, 11) is 0. The third-order valence-corrected chi connectivity index (χ3v) is 4.17. The molecule has 20 heavy (non-hydrogen) atoms. The van der Waals surface area contributed by atoms with Gasteiger partial charge in [0.05, 0.1) is 10.7 Å². The van der Waals surface area contributed by atoms with Crippen LogP contribution < -0.4 is 5.32 Å². The monoisotopic (exact) mass is 355 g/mol. The van der Waals surface area contributed by atoms with Crippen molar-refractivity contribution in [3.8, 4) is 0 Å². The lowest BCUT2D eigenvalue weighted by atomic mass is 10.1. The zero-order valence-electron chi connectivity index (χ0n) is 11.6. The van der Waals surface area contributed by atoms with Gasteiger partial charge in [0.25, 0.3) is 0 Å². The zero-order chi connectivity index (χ0) is 14.9. The second-order valence-corrected chi connectivity index (χ2v) is 6.24. The van der Waals surface area contributed by atoms with Crippen LogP contribution in [0.2, 0.25) is 5.02 Å². The summed E-state index contributed by atoms with van der Waals surface area (Å²) in [5.74, 6) is -0.391. The van der Waals surface area contributed by atoms with E-state index >= 15 is 0 Å². The van der Waals surface area contributed by atoms with Gasteiger partial charge in [0.15, 0.2) is 0 Å². The second-order valence-electron chi connectivity index (χ2n) is 4.98. The standard InChI is InChI=1S/C16H16BrClFN/c1-9-6-10(2)16(13(17)7-9)20-11(3)12-4-5-14(18)15(19)8-12/h4-8,11,20H,1-3H3. The normalized spacial score (nSPS) is 12.3. The molecule has 0 saturated heterocycles. The molecule has 2 aromatic carbocycles. The summed E-state index contributed by atoms with van der Waals surface area (Å²) in [6, 6.07) is 9.05. The third kappa shape index (κ3) is 3.33. The molecule has 1 nitrogen and oxygen atoms in total.